The Bertz CT molecular complexity index is 1100. The van der Waals surface area contributed by atoms with E-state index in [1.165, 1.54) is 0 Å². The van der Waals surface area contributed by atoms with Gasteiger partial charge in [0.15, 0.2) is 0 Å². The van der Waals surface area contributed by atoms with Gasteiger partial charge in [-0.15, -0.1) is 0 Å². The first-order valence-corrected chi connectivity index (χ1v) is 10.4. The zero-order chi connectivity index (χ0) is 22.0. The van der Waals surface area contributed by atoms with Crippen LogP contribution in [0.5, 0.6) is 0 Å². The molecule has 0 aliphatic heterocycles. The summed E-state index contributed by atoms with van der Waals surface area (Å²) in [4.78, 5) is 24.2. The molecule has 0 radical (unpaired) electrons. The third-order valence-electron chi connectivity index (χ3n) is 5.67. The Morgan fingerprint density at radius 2 is 1.65 bits per heavy atom. The van der Waals surface area contributed by atoms with Crippen molar-refractivity contribution in [1.82, 2.24) is 5.32 Å². The Balaban J connectivity index is 1.45. The summed E-state index contributed by atoms with van der Waals surface area (Å²) >= 11 is 6.03. The van der Waals surface area contributed by atoms with Crippen molar-refractivity contribution >= 4 is 23.7 Å². The second-order valence-corrected chi connectivity index (χ2v) is 8.07. The van der Waals surface area contributed by atoms with Crippen LogP contribution in [0.15, 0.2) is 66.7 Å². The zero-order valence-electron chi connectivity index (χ0n) is 17.0. The molecule has 0 fully saturated rings. The predicted octanol–water partition coefficient (Wildman–Crippen LogP) is 5.18. The smallest absolute Gasteiger partial charge is 0.407 e. The molecule has 3 aromatic carbocycles. The number of halogens is 1. The quantitative estimate of drug-likeness (QED) is 0.559. The minimum atomic E-state index is -1.13. The SMILES string of the molecule is Cc1ccc(Cl)cc1C[C@H](NC(=O)OCC1c2ccccc2-c2ccccc21)C(=O)O. The highest BCUT2D eigenvalue weighted by molar-refractivity contribution is 6.30. The second kappa shape index (κ2) is 8.82. The number of hydrogen-bond donors (Lipinski definition) is 2. The number of ether oxygens (including phenoxy) is 1. The van der Waals surface area contributed by atoms with Crippen LogP contribution in [0.3, 0.4) is 0 Å². The zero-order valence-corrected chi connectivity index (χ0v) is 17.7. The summed E-state index contributed by atoms with van der Waals surface area (Å²) in [5, 5.41) is 12.6. The van der Waals surface area contributed by atoms with E-state index in [1.807, 2.05) is 49.4 Å². The molecule has 0 spiro atoms. The van der Waals surface area contributed by atoms with E-state index < -0.39 is 18.1 Å². The molecule has 31 heavy (non-hydrogen) atoms. The number of carboxylic acids is 1. The summed E-state index contributed by atoms with van der Waals surface area (Å²) in [6, 6.07) is 20.2. The van der Waals surface area contributed by atoms with Gasteiger partial charge in [0.05, 0.1) is 0 Å². The van der Waals surface area contributed by atoms with Crippen molar-refractivity contribution in [2.75, 3.05) is 6.61 Å². The molecule has 1 amide bonds. The number of aryl methyl sites for hydroxylation is 1. The lowest BCUT2D eigenvalue weighted by Gasteiger charge is -2.18. The molecule has 5 nitrogen and oxygen atoms in total. The Morgan fingerprint density at radius 3 is 2.26 bits per heavy atom. The predicted molar refractivity (Wildman–Crippen MR) is 120 cm³/mol. The summed E-state index contributed by atoms with van der Waals surface area (Å²) in [6.45, 7) is 2.00. The van der Waals surface area contributed by atoms with Crippen LogP contribution in [-0.4, -0.2) is 29.8 Å². The van der Waals surface area contributed by atoms with Gasteiger partial charge in [0.25, 0.3) is 0 Å². The van der Waals surface area contributed by atoms with Gasteiger partial charge < -0.3 is 15.2 Å². The maximum atomic E-state index is 12.5. The van der Waals surface area contributed by atoms with Gasteiger partial charge in [-0.05, 0) is 52.4 Å². The number of aliphatic carboxylic acids is 1. The van der Waals surface area contributed by atoms with Gasteiger partial charge in [-0.3, -0.25) is 0 Å². The number of benzene rings is 3. The van der Waals surface area contributed by atoms with Crippen LogP contribution in [-0.2, 0) is 16.0 Å². The van der Waals surface area contributed by atoms with E-state index in [2.05, 4.69) is 17.4 Å². The normalized spacial score (nSPS) is 13.2. The molecule has 0 aromatic heterocycles. The van der Waals surface area contributed by atoms with E-state index in [0.717, 1.165) is 33.4 Å². The van der Waals surface area contributed by atoms with Gasteiger partial charge in [-0.25, -0.2) is 9.59 Å². The minimum absolute atomic E-state index is 0.0865. The lowest BCUT2D eigenvalue weighted by Crippen LogP contribution is -2.43. The monoisotopic (exact) mass is 435 g/mol. The van der Waals surface area contributed by atoms with Gasteiger partial charge in [0, 0.05) is 17.4 Å². The number of hydrogen-bond acceptors (Lipinski definition) is 3. The Kier molecular flexibility index (Phi) is 5.96. The summed E-state index contributed by atoms with van der Waals surface area (Å²) in [6.07, 6.45) is -0.639. The van der Waals surface area contributed by atoms with Crippen LogP contribution in [0.2, 0.25) is 5.02 Å². The lowest BCUT2D eigenvalue weighted by atomic mass is 9.98. The number of rotatable bonds is 6. The van der Waals surface area contributed by atoms with Crippen LogP contribution in [0.4, 0.5) is 4.79 Å². The van der Waals surface area contributed by atoms with E-state index >= 15 is 0 Å². The largest absolute Gasteiger partial charge is 0.480 e. The highest BCUT2D eigenvalue weighted by atomic mass is 35.5. The van der Waals surface area contributed by atoms with Crippen LogP contribution in [0, 0.1) is 6.92 Å². The first-order chi connectivity index (χ1) is 14.9. The van der Waals surface area contributed by atoms with E-state index in [-0.39, 0.29) is 18.9 Å². The third kappa shape index (κ3) is 4.42. The fraction of sp³-hybridized carbons (Fsp3) is 0.200. The molecule has 3 aromatic rings. The van der Waals surface area contributed by atoms with Crippen LogP contribution >= 0.6 is 11.6 Å². The Labute approximate surface area is 185 Å². The van der Waals surface area contributed by atoms with Crippen molar-refractivity contribution in [3.8, 4) is 11.1 Å². The molecular weight excluding hydrogens is 414 g/mol. The number of carboxylic acid groups (broad SMARTS) is 1. The van der Waals surface area contributed by atoms with Crippen LogP contribution < -0.4 is 5.32 Å². The summed E-state index contributed by atoms with van der Waals surface area (Å²) < 4.78 is 5.47. The topological polar surface area (TPSA) is 75.6 Å². The second-order valence-electron chi connectivity index (χ2n) is 7.64. The number of fused-ring (bicyclic) bond motifs is 3. The summed E-state index contributed by atoms with van der Waals surface area (Å²) in [5.41, 5.74) is 6.13. The molecule has 1 atom stereocenters. The fourth-order valence-electron chi connectivity index (χ4n) is 4.06. The number of carbonyl (C=O) groups excluding carboxylic acids is 1. The maximum Gasteiger partial charge on any atom is 0.407 e. The van der Waals surface area contributed by atoms with Crippen molar-refractivity contribution in [3.63, 3.8) is 0 Å². The third-order valence-corrected chi connectivity index (χ3v) is 5.90. The van der Waals surface area contributed by atoms with E-state index in [4.69, 9.17) is 16.3 Å². The molecule has 4 rings (SSSR count). The molecule has 6 heteroatoms. The van der Waals surface area contributed by atoms with Gasteiger partial charge in [-0.2, -0.15) is 0 Å². The van der Waals surface area contributed by atoms with Gasteiger partial charge >= 0.3 is 12.1 Å². The molecule has 0 unspecified atom stereocenters. The standard InChI is InChI=1S/C25H22ClNO4/c1-15-10-11-17(26)12-16(15)13-23(24(28)29)27-25(30)31-14-22-20-8-4-2-6-18(20)19-7-3-5-9-21(19)22/h2-12,22-23H,13-14H2,1H3,(H,27,30)(H,28,29)/t23-/m0/s1. The Hall–Kier alpha value is -3.31. The fourth-order valence-corrected chi connectivity index (χ4v) is 4.26. The molecule has 0 heterocycles. The molecule has 2 N–H and O–H groups in total. The van der Waals surface area contributed by atoms with E-state index in [0.29, 0.717) is 5.02 Å². The molecule has 0 saturated carbocycles. The number of amides is 1. The van der Waals surface area contributed by atoms with Gasteiger partial charge in [0.2, 0.25) is 0 Å². The first-order valence-electron chi connectivity index (χ1n) is 10.0. The average Bonchev–Trinajstić information content (AvgIpc) is 3.08. The first kappa shape index (κ1) is 20.9. The van der Waals surface area contributed by atoms with E-state index in [1.54, 1.807) is 12.1 Å². The molecule has 0 saturated heterocycles. The summed E-state index contributed by atoms with van der Waals surface area (Å²) in [7, 11) is 0. The van der Waals surface area contributed by atoms with E-state index in [9.17, 15) is 14.7 Å². The average molecular weight is 436 g/mol. The molecule has 1 aliphatic carbocycles. The Morgan fingerprint density at radius 1 is 1.03 bits per heavy atom. The molecule has 1 aliphatic rings. The molecular formula is C25H22ClNO4. The number of alkyl carbamates (subject to hydrolysis) is 1. The maximum absolute atomic E-state index is 12.5. The van der Waals surface area contributed by atoms with Crippen molar-refractivity contribution in [2.24, 2.45) is 0 Å². The van der Waals surface area contributed by atoms with Gasteiger partial charge in [-0.1, -0.05) is 66.2 Å². The highest BCUT2D eigenvalue weighted by Gasteiger charge is 2.29. The van der Waals surface area contributed by atoms with Crippen LogP contribution in [0.25, 0.3) is 11.1 Å². The van der Waals surface area contributed by atoms with Crippen molar-refractivity contribution < 1.29 is 19.4 Å². The van der Waals surface area contributed by atoms with Crippen molar-refractivity contribution in [2.45, 2.75) is 25.3 Å². The summed E-state index contributed by atoms with van der Waals surface area (Å²) in [5.74, 6) is -1.22. The van der Waals surface area contributed by atoms with Crippen molar-refractivity contribution in [1.29, 1.82) is 0 Å². The van der Waals surface area contributed by atoms with Crippen molar-refractivity contribution in [3.05, 3.63) is 94.0 Å². The molecule has 0 bridgehead atoms. The van der Waals surface area contributed by atoms with Gasteiger partial charge in [0.1, 0.15) is 12.6 Å². The molecule has 158 valence electrons. The number of carbonyl (C=O) groups is 2. The van der Waals surface area contributed by atoms with Crippen LogP contribution in [0.1, 0.15) is 28.2 Å². The minimum Gasteiger partial charge on any atom is -0.480 e. The lowest BCUT2D eigenvalue weighted by molar-refractivity contribution is -0.139. The highest BCUT2D eigenvalue weighted by Crippen LogP contribution is 2.44. The number of nitrogens with one attached hydrogen (secondary N) is 1.